The van der Waals surface area contributed by atoms with Crippen molar-refractivity contribution in [2.24, 2.45) is 5.73 Å². The van der Waals surface area contributed by atoms with Gasteiger partial charge in [-0.25, -0.2) is 0 Å². The number of methoxy groups -OCH3 is 1. The van der Waals surface area contributed by atoms with Gasteiger partial charge in [0.2, 0.25) is 0 Å². The molecule has 0 unspecified atom stereocenters. The van der Waals surface area contributed by atoms with Crippen LogP contribution in [0.1, 0.15) is 11.6 Å². The Morgan fingerprint density at radius 1 is 1.36 bits per heavy atom. The van der Waals surface area contributed by atoms with Crippen LogP contribution in [-0.4, -0.2) is 23.3 Å². The van der Waals surface area contributed by atoms with Crippen LogP contribution in [0.3, 0.4) is 0 Å². The van der Waals surface area contributed by atoms with E-state index in [0.717, 1.165) is 6.07 Å². The molecule has 0 aromatic heterocycles. The predicted molar refractivity (Wildman–Crippen MR) is 48.7 cm³/mol. The summed E-state index contributed by atoms with van der Waals surface area (Å²) in [4.78, 5) is 11.0. The van der Waals surface area contributed by atoms with Crippen molar-refractivity contribution in [3.63, 3.8) is 0 Å². The van der Waals surface area contributed by atoms with Gasteiger partial charge in [-0.1, -0.05) is 0 Å². The monoisotopic (exact) mass is 197 g/mol. The van der Waals surface area contributed by atoms with Crippen LogP contribution >= 0.6 is 0 Å². The standard InChI is InChI=1S/C9H11NO4/c1-14-9(13)8(10)5-2-6(11)4-7(12)3-5/h2-4,8,11-12H,10H2,1H3/t8-/m0/s1. The minimum atomic E-state index is -1.00. The molecule has 0 fully saturated rings. The third-order valence-electron chi connectivity index (χ3n) is 1.74. The van der Waals surface area contributed by atoms with Crippen LogP contribution in [0, 0.1) is 0 Å². The van der Waals surface area contributed by atoms with Gasteiger partial charge in [0.25, 0.3) is 0 Å². The third-order valence-corrected chi connectivity index (χ3v) is 1.74. The number of esters is 1. The summed E-state index contributed by atoms with van der Waals surface area (Å²) in [5.74, 6) is -0.936. The lowest BCUT2D eigenvalue weighted by Gasteiger charge is -2.09. The summed E-state index contributed by atoms with van der Waals surface area (Å²) >= 11 is 0. The summed E-state index contributed by atoms with van der Waals surface area (Å²) in [7, 11) is 1.21. The fraction of sp³-hybridized carbons (Fsp3) is 0.222. The maximum atomic E-state index is 11.0. The molecular formula is C9H11NO4. The lowest BCUT2D eigenvalue weighted by atomic mass is 10.1. The predicted octanol–water partition coefficient (Wildman–Crippen LogP) is 0.271. The summed E-state index contributed by atoms with van der Waals surface area (Å²) in [6.07, 6.45) is 0. The Kier molecular flexibility index (Phi) is 2.93. The van der Waals surface area contributed by atoms with Gasteiger partial charge in [-0.05, 0) is 17.7 Å². The molecule has 1 atom stereocenters. The molecule has 0 spiro atoms. The maximum Gasteiger partial charge on any atom is 0.327 e. The highest BCUT2D eigenvalue weighted by Crippen LogP contribution is 2.24. The normalized spacial score (nSPS) is 12.1. The molecular weight excluding hydrogens is 186 g/mol. The largest absolute Gasteiger partial charge is 0.508 e. The number of hydrogen-bond acceptors (Lipinski definition) is 5. The Hall–Kier alpha value is -1.75. The average Bonchev–Trinajstić information content (AvgIpc) is 2.14. The van der Waals surface area contributed by atoms with Gasteiger partial charge < -0.3 is 20.7 Å². The Balaban J connectivity index is 3.00. The molecule has 0 radical (unpaired) electrons. The zero-order chi connectivity index (χ0) is 10.7. The first-order valence-corrected chi connectivity index (χ1v) is 3.91. The summed E-state index contributed by atoms with van der Waals surface area (Å²) in [5, 5.41) is 18.3. The average molecular weight is 197 g/mol. The van der Waals surface area contributed by atoms with Gasteiger partial charge in [0.1, 0.15) is 17.5 Å². The van der Waals surface area contributed by atoms with Crippen molar-refractivity contribution in [1.82, 2.24) is 0 Å². The van der Waals surface area contributed by atoms with Crippen molar-refractivity contribution < 1.29 is 19.7 Å². The van der Waals surface area contributed by atoms with E-state index in [-0.39, 0.29) is 11.5 Å². The first kappa shape index (κ1) is 10.3. The highest BCUT2D eigenvalue weighted by atomic mass is 16.5. The van der Waals surface area contributed by atoms with Crippen LogP contribution in [0.15, 0.2) is 18.2 Å². The highest BCUT2D eigenvalue weighted by Gasteiger charge is 2.17. The third kappa shape index (κ3) is 2.14. The van der Waals surface area contributed by atoms with Gasteiger partial charge in [-0.2, -0.15) is 0 Å². The molecule has 0 amide bonds. The van der Waals surface area contributed by atoms with E-state index in [1.807, 2.05) is 0 Å². The van der Waals surface area contributed by atoms with Gasteiger partial charge in [-0.15, -0.1) is 0 Å². The molecule has 14 heavy (non-hydrogen) atoms. The van der Waals surface area contributed by atoms with Crippen LogP contribution in [0.2, 0.25) is 0 Å². The van der Waals surface area contributed by atoms with Crippen molar-refractivity contribution in [2.45, 2.75) is 6.04 Å². The van der Waals surface area contributed by atoms with E-state index < -0.39 is 12.0 Å². The van der Waals surface area contributed by atoms with E-state index in [4.69, 9.17) is 15.9 Å². The van der Waals surface area contributed by atoms with Crippen molar-refractivity contribution in [2.75, 3.05) is 7.11 Å². The quantitative estimate of drug-likeness (QED) is 0.592. The van der Waals surface area contributed by atoms with E-state index in [2.05, 4.69) is 4.74 Å². The first-order chi connectivity index (χ1) is 6.54. The van der Waals surface area contributed by atoms with Gasteiger partial charge in [0.05, 0.1) is 7.11 Å². The number of benzene rings is 1. The van der Waals surface area contributed by atoms with E-state index in [1.165, 1.54) is 19.2 Å². The van der Waals surface area contributed by atoms with Crippen molar-refractivity contribution in [1.29, 1.82) is 0 Å². The number of aromatic hydroxyl groups is 2. The fourth-order valence-corrected chi connectivity index (χ4v) is 1.06. The number of carbonyl (C=O) groups is 1. The van der Waals surface area contributed by atoms with E-state index in [9.17, 15) is 4.79 Å². The van der Waals surface area contributed by atoms with Gasteiger partial charge in [0.15, 0.2) is 0 Å². The number of hydrogen-bond donors (Lipinski definition) is 3. The zero-order valence-corrected chi connectivity index (χ0v) is 7.60. The number of rotatable bonds is 2. The molecule has 0 saturated heterocycles. The van der Waals surface area contributed by atoms with Crippen LogP contribution in [0.5, 0.6) is 11.5 Å². The van der Waals surface area contributed by atoms with Crippen LogP contribution in [0.25, 0.3) is 0 Å². The summed E-state index contributed by atoms with van der Waals surface area (Å²) in [6.45, 7) is 0. The topological polar surface area (TPSA) is 92.8 Å². The lowest BCUT2D eigenvalue weighted by molar-refractivity contribution is -0.142. The maximum absolute atomic E-state index is 11.0. The number of carbonyl (C=O) groups excluding carboxylic acids is 1. The second-order valence-corrected chi connectivity index (χ2v) is 2.78. The molecule has 1 aromatic carbocycles. The molecule has 0 bridgehead atoms. The molecule has 0 saturated carbocycles. The second-order valence-electron chi connectivity index (χ2n) is 2.78. The van der Waals surface area contributed by atoms with Crippen LogP contribution in [-0.2, 0) is 9.53 Å². The van der Waals surface area contributed by atoms with E-state index in [1.54, 1.807) is 0 Å². The van der Waals surface area contributed by atoms with Crippen molar-refractivity contribution in [3.8, 4) is 11.5 Å². The minimum absolute atomic E-state index is 0.153. The van der Waals surface area contributed by atoms with Gasteiger partial charge in [-0.3, -0.25) is 4.79 Å². The second kappa shape index (κ2) is 3.97. The Bertz CT molecular complexity index is 330. The van der Waals surface area contributed by atoms with E-state index >= 15 is 0 Å². The summed E-state index contributed by atoms with van der Waals surface area (Å²) in [5.41, 5.74) is 5.79. The molecule has 4 N–H and O–H groups in total. The Morgan fingerprint density at radius 2 is 1.86 bits per heavy atom. The molecule has 76 valence electrons. The van der Waals surface area contributed by atoms with Gasteiger partial charge >= 0.3 is 5.97 Å². The van der Waals surface area contributed by atoms with Gasteiger partial charge in [0, 0.05) is 6.07 Å². The molecule has 5 heteroatoms. The summed E-state index contributed by atoms with van der Waals surface area (Å²) < 4.78 is 4.42. The number of ether oxygens (including phenoxy) is 1. The van der Waals surface area contributed by atoms with Crippen molar-refractivity contribution >= 4 is 5.97 Å². The minimum Gasteiger partial charge on any atom is -0.508 e. The highest BCUT2D eigenvalue weighted by molar-refractivity contribution is 5.77. The fourth-order valence-electron chi connectivity index (χ4n) is 1.06. The first-order valence-electron chi connectivity index (χ1n) is 3.91. The lowest BCUT2D eigenvalue weighted by Crippen LogP contribution is -2.22. The number of phenols is 2. The smallest absolute Gasteiger partial charge is 0.327 e. The van der Waals surface area contributed by atoms with Crippen LogP contribution < -0.4 is 5.73 Å². The molecule has 0 heterocycles. The molecule has 0 aliphatic rings. The Morgan fingerprint density at radius 3 is 2.29 bits per heavy atom. The van der Waals surface area contributed by atoms with Crippen LogP contribution in [0.4, 0.5) is 0 Å². The van der Waals surface area contributed by atoms with Crippen molar-refractivity contribution in [3.05, 3.63) is 23.8 Å². The molecule has 1 aromatic rings. The number of phenolic OH excluding ortho intramolecular Hbond substituents is 2. The molecule has 0 aliphatic heterocycles. The SMILES string of the molecule is COC(=O)[C@@H](N)c1cc(O)cc(O)c1. The molecule has 5 nitrogen and oxygen atoms in total. The Labute approximate surface area is 80.7 Å². The summed E-state index contributed by atoms with van der Waals surface area (Å²) in [6, 6.07) is 2.73. The zero-order valence-electron chi connectivity index (χ0n) is 7.60. The molecule has 1 rings (SSSR count). The molecule has 0 aliphatic carbocycles. The number of nitrogens with two attached hydrogens (primary N) is 1. The van der Waals surface area contributed by atoms with E-state index in [0.29, 0.717) is 5.56 Å².